The van der Waals surface area contributed by atoms with Crippen LogP contribution in [0.1, 0.15) is 22.3 Å². The molecule has 0 aliphatic heterocycles. The predicted molar refractivity (Wildman–Crippen MR) is 110 cm³/mol. The van der Waals surface area contributed by atoms with Crippen molar-refractivity contribution in [1.29, 1.82) is 0 Å². The van der Waals surface area contributed by atoms with Gasteiger partial charge in [-0.1, -0.05) is 53.6 Å². The monoisotopic (exact) mass is 354 g/mol. The van der Waals surface area contributed by atoms with E-state index in [-0.39, 0.29) is 0 Å². The van der Waals surface area contributed by atoms with Crippen molar-refractivity contribution in [2.24, 2.45) is 10.2 Å². The molecule has 4 aromatic rings. The van der Waals surface area contributed by atoms with Gasteiger partial charge in [0.2, 0.25) is 0 Å². The Morgan fingerprint density at radius 2 is 1.52 bits per heavy atom. The van der Waals surface area contributed by atoms with E-state index in [4.69, 9.17) is 4.98 Å². The second-order valence-electron chi connectivity index (χ2n) is 7.02. The molecule has 0 unspecified atom stereocenters. The smallest absolute Gasteiger partial charge is 0.187 e. The summed E-state index contributed by atoms with van der Waals surface area (Å²) in [6.07, 6.45) is 1.99. The second-order valence-corrected chi connectivity index (χ2v) is 7.02. The number of imidazole rings is 1. The van der Waals surface area contributed by atoms with E-state index in [1.54, 1.807) is 0 Å². The summed E-state index contributed by atoms with van der Waals surface area (Å²) in [7, 11) is 0. The molecule has 4 nitrogen and oxygen atoms in total. The van der Waals surface area contributed by atoms with Crippen LogP contribution in [-0.4, -0.2) is 9.38 Å². The van der Waals surface area contributed by atoms with Gasteiger partial charge in [0.1, 0.15) is 11.3 Å². The third-order valence-electron chi connectivity index (χ3n) is 4.75. The Morgan fingerprint density at radius 3 is 2.26 bits per heavy atom. The molecule has 0 amide bonds. The van der Waals surface area contributed by atoms with Crippen molar-refractivity contribution in [3.8, 4) is 11.3 Å². The van der Waals surface area contributed by atoms with Gasteiger partial charge in [-0.25, -0.2) is 4.98 Å². The van der Waals surface area contributed by atoms with Gasteiger partial charge in [0.25, 0.3) is 0 Å². The Hall–Kier alpha value is -3.27. The van der Waals surface area contributed by atoms with E-state index in [1.807, 2.05) is 22.7 Å². The van der Waals surface area contributed by atoms with Crippen LogP contribution in [0.3, 0.4) is 0 Å². The minimum Gasteiger partial charge on any atom is -0.282 e. The van der Waals surface area contributed by atoms with Crippen molar-refractivity contribution in [2.45, 2.75) is 27.7 Å². The van der Waals surface area contributed by atoms with Gasteiger partial charge in [-0.05, 0) is 51.0 Å². The molecule has 0 saturated heterocycles. The Kier molecular flexibility index (Phi) is 4.32. The van der Waals surface area contributed by atoms with Gasteiger partial charge in [0.05, 0.1) is 5.69 Å². The lowest BCUT2D eigenvalue weighted by Gasteiger charge is -2.02. The number of fused-ring (bicyclic) bond motifs is 1. The number of hydrogen-bond donors (Lipinski definition) is 0. The summed E-state index contributed by atoms with van der Waals surface area (Å²) in [4.78, 5) is 4.87. The number of nitrogens with zero attached hydrogens (tertiary/aromatic N) is 4. The van der Waals surface area contributed by atoms with Gasteiger partial charge >= 0.3 is 0 Å². The Labute approximate surface area is 159 Å². The zero-order valence-corrected chi connectivity index (χ0v) is 16.1. The first-order valence-electron chi connectivity index (χ1n) is 9.06. The fourth-order valence-corrected chi connectivity index (χ4v) is 3.21. The normalized spacial score (nSPS) is 11.6. The van der Waals surface area contributed by atoms with Gasteiger partial charge in [-0.3, -0.25) is 4.40 Å². The van der Waals surface area contributed by atoms with Crippen molar-refractivity contribution >= 4 is 17.2 Å². The highest BCUT2D eigenvalue weighted by Crippen LogP contribution is 2.33. The van der Waals surface area contributed by atoms with Crippen LogP contribution in [-0.2, 0) is 0 Å². The van der Waals surface area contributed by atoms with E-state index in [2.05, 4.69) is 80.4 Å². The molecular weight excluding hydrogens is 332 g/mol. The number of hydrogen-bond acceptors (Lipinski definition) is 3. The number of benzene rings is 2. The summed E-state index contributed by atoms with van der Waals surface area (Å²) < 4.78 is 2.01. The van der Waals surface area contributed by atoms with Crippen LogP contribution in [0.25, 0.3) is 16.9 Å². The summed E-state index contributed by atoms with van der Waals surface area (Å²) in [6, 6.07) is 18.6. The summed E-state index contributed by atoms with van der Waals surface area (Å²) in [5, 5.41) is 9.16. The molecule has 4 rings (SSSR count). The van der Waals surface area contributed by atoms with Gasteiger partial charge in [0.15, 0.2) is 5.82 Å². The highest BCUT2D eigenvalue weighted by molar-refractivity contribution is 5.75. The molecule has 134 valence electrons. The molecule has 4 heteroatoms. The minimum absolute atomic E-state index is 0.748. The highest BCUT2D eigenvalue weighted by Gasteiger charge is 2.15. The van der Waals surface area contributed by atoms with Crippen molar-refractivity contribution in [1.82, 2.24) is 9.38 Å². The Balaban J connectivity index is 1.89. The third kappa shape index (κ3) is 3.26. The summed E-state index contributed by atoms with van der Waals surface area (Å²) >= 11 is 0. The van der Waals surface area contributed by atoms with Crippen molar-refractivity contribution in [3.05, 3.63) is 83.0 Å². The van der Waals surface area contributed by atoms with Gasteiger partial charge < -0.3 is 0 Å². The fourth-order valence-electron chi connectivity index (χ4n) is 3.21. The van der Waals surface area contributed by atoms with Crippen LogP contribution in [0.2, 0.25) is 0 Å². The SMILES string of the molecule is Cc1ccc(-c2nc3c(C)cccn3c2N=Nc2ccc(C)cc2C)cc1. The summed E-state index contributed by atoms with van der Waals surface area (Å²) in [6.45, 7) is 8.28. The topological polar surface area (TPSA) is 42.0 Å². The number of aromatic nitrogens is 2. The molecule has 0 aliphatic rings. The van der Waals surface area contributed by atoms with E-state index in [1.165, 1.54) is 11.1 Å². The molecule has 0 atom stereocenters. The van der Waals surface area contributed by atoms with Crippen LogP contribution in [0, 0.1) is 27.7 Å². The van der Waals surface area contributed by atoms with Crippen molar-refractivity contribution < 1.29 is 0 Å². The summed E-state index contributed by atoms with van der Waals surface area (Å²) in [5.41, 5.74) is 8.32. The minimum atomic E-state index is 0.748. The molecule has 2 aromatic heterocycles. The first-order valence-corrected chi connectivity index (χ1v) is 9.06. The number of rotatable bonds is 3. The van der Waals surface area contributed by atoms with Crippen LogP contribution in [0.5, 0.6) is 0 Å². The Morgan fingerprint density at radius 1 is 0.778 bits per heavy atom. The largest absolute Gasteiger partial charge is 0.282 e. The first kappa shape index (κ1) is 17.2. The third-order valence-corrected chi connectivity index (χ3v) is 4.75. The van der Waals surface area contributed by atoms with Crippen LogP contribution >= 0.6 is 0 Å². The molecule has 27 heavy (non-hydrogen) atoms. The van der Waals surface area contributed by atoms with E-state index in [0.717, 1.165) is 39.5 Å². The fraction of sp³-hybridized carbons (Fsp3) is 0.174. The lowest BCUT2D eigenvalue weighted by molar-refractivity contribution is 1.09. The number of pyridine rings is 1. The van der Waals surface area contributed by atoms with Crippen LogP contribution in [0.4, 0.5) is 11.5 Å². The molecule has 0 aliphatic carbocycles. The maximum absolute atomic E-state index is 4.87. The van der Waals surface area contributed by atoms with E-state index < -0.39 is 0 Å². The van der Waals surface area contributed by atoms with Crippen molar-refractivity contribution in [2.75, 3.05) is 0 Å². The maximum atomic E-state index is 4.87. The van der Waals surface area contributed by atoms with E-state index in [0.29, 0.717) is 0 Å². The zero-order valence-electron chi connectivity index (χ0n) is 16.1. The summed E-state index contributed by atoms with van der Waals surface area (Å²) in [5.74, 6) is 0.748. The number of azo groups is 1. The molecule has 2 heterocycles. The standard InChI is InChI=1S/C23H22N4/c1-15-7-10-19(11-8-15)21-23(27-13-5-6-17(3)22(27)24-21)26-25-20-12-9-16(2)14-18(20)4/h5-14H,1-4H3. The molecule has 0 fully saturated rings. The average Bonchev–Trinajstić information content (AvgIpc) is 3.02. The van der Waals surface area contributed by atoms with Gasteiger partial charge in [0, 0.05) is 11.8 Å². The highest BCUT2D eigenvalue weighted by atomic mass is 15.2. The molecule has 0 saturated carbocycles. The van der Waals surface area contributed by atoms with Crippen LogP contribution in [0.15, 0.2) is 71.0 Å². The molecule has 0 N–H and O–H groups in total. The second kappa shape index (κ2) is 6.80. The molecule has 0 spiro atoms. The average molecular weight is 354 g/mol. The Bertz CT molecular complexity index is 1150. The van der Waals surface area contributed by atoms with Crippen LogP contribution < -0.4 is 0 Å². The molecular formula is C23H22N4. The number of aryl methyl sites for hydroxylation is 4. The molecule has 0 radical (unpaired) electrons. The van der Waals surface area contributed by atoms with Gasteiger partial charge in [-0.2, -0.15) is 0 Å². The first-order chi connectivity index (χ1) is 13.0. The lowest BCUT2D eigenvalue weighted by Crippen LogP contribution is -1.85. The van der Waals surface area contributed by atoms with Crippen molar-refractivity contribution in [3.63, 3.8) is 0 Å². The quantitative estimate of drug-likeness (QED) is 0.380. The van der Waals surface area contributed by atoms with E-state index in [9.17, 15) is 0 Å². The lowest BCUT2D eigenvalue weighted by atomic mass is 10.1. The predicted octanol–water partition coefficient (Wildman–Crippen LogP) is 6.65. The molecule has 2 aromatic carbocycles. The van der Waals surface area contributed by atoms with E-state index >= 15 is 0 Å². The molecule has 0 bridgehead atoms. The van der Waals surface area contributed by atoms with Gasteiger partial charge in [-0.15, -0.1) is 10.2 Å². The zero-order chi connectivity index (χ0) is 19.0. The maximum Gasteiger partial charge on any atom is 0.187 e.